The Hall–Kier alpha value is -1.30. The molecule has 1 aromatic rings. The molecule has 0 aliphatic heterocycles. The minimum atomic E-state index is -0.142. The Morgan fingerprint density at radius 1 is 1.32 bits per heavy atom. The van der Waals surface area contributed by atoms with Crippen LogP contribution in [0.1, 0.15) is 16.8 Å². The summed E-state index contributed by atoms with van der Waals surface area (Å²) in [7, 11) is 1.61. The zero-order valence-electron chi connectivity index (χ0n) is 11.1. The van der Waals surface area contributed by atoms with Gasteiger partial charge in [-0.2, -0.15) is 0 Å². The highest BCUT2D eigenvalue weighted by Crippen LogP contribution is 2.17. The summed E-state index contributed by atoms with van der Waals surface area (Å²) in [5.74, 6) is 0.427. The molecule has 5 nitrogen and oxygen atoms in total. The maximum atomic E-state index is 11.9. The average molecular weight is 289 g/mol. The van der Waals surface area contributed by atoms with Crippen molar-refractivity contribution in [2.45, 2.75) is 6.42 Å². The molecule has 108 valence electrons. The Labute approximate surface area is 119 Å². The first kappa shape index (κ1) is 17.7. The molecule has 19 heavy (non-hydrogen) atoms. The van der Waals surface area contributed by atoms with Gasteiger partial charge in [-0.3, -0.25) is 4.79 Å². The molecule has 0 unspecified atom stereocenters. The number of methoxy groups -OCH3 is 1. The number of rotatable bonds is 8. The third-order valence-electron chi connectivity index (χ3n) is 2.34. The Bertz CT molecular complexity index is 375. The number of ether oxygens (including phenoxy) is 2. The molecular weight excluding hydrogens is 268 g/mol. The molecule has 0 heterocycles. The van der Waals surface area contributed by atoms with E-state index in [1.165, 1.54) is 0 Å². The van der Waals surface area contributed by atoms with E-state index < -0.39 is 0 Å². The second kappa shape index (κ2) is 10.6. The van der Waals surface area contributed by atoms with Crippen LogP contribution in [0.5, 0.6) is 5.75 Å². The molecule has 0 saturated heterocycles. The minimum Gasteiger partial charge on any atom is -0.490 e. The molecule has 0 saturated carbocycles. The Kier molecular flexibility index (Phi) is 9.88. The van der Waals surface area contributed by atoms with E-state index in [9.17, 15) is 4.79 Å². The first-order valence-corrected chi connectivity index (χ1v) is 5.98. The van der Waals surface area contributed by atoms with Gasteiger partial charge in [0.25, 0.3) is 5.91 Å². The van der Waals surface area contributed by atoms with Crippen molar-refractivity contribution in [1.29, 1.82) is 0 Å². The highest BCUT2D eigenvalue weighted by molar-refractivity contribution is 5.96. The summed E-state index contributed by atoms with van der Waals surface area (Å²) in [6.45, 7) is 2.04. The molecule has 3 N–H and O–H groups in total. The zero-order valence-corrected chi connectivity index (χ0v) is 11.9. The summed E-state index contributed by atoms with van der Waals surface area (Å²) in [6, 6.07) is 7.15. The fourth-order valence-electron chi connectivity index (χ4n) is 1.41. The third kappa shape index (κ3) is 6.42. The Morgan fingerprint density at radius 2 is 2.05 bits per heavy atom. The van der Waals surface area contributed by atoms with Crippen LogP contribution in [0.2, 0.25) is 0 Å². The van der Waals surface area contributed by atoms with Gasteiger partial charge in [0.1, 0.15) is 12.4 Å². The average Bonchev–Trinajstić information content (AvgIpc) is 2.40. The number of carbonyl (C=O) groups excluding carboxylic acids is 1. The Balaban J connectivity index is 0.00000324. The summed E-state index contributed by atoms with van der Waals surface area (Å²) in [5.41, 5.74) is 5.91. The van der Waals surface area contributed by atoms with E-state index in [-0.39, 0.29) is 18.3 Å². The molecule has 1 amide bonds. The van der Waals surface area contributed by atoms with Crippen molar-refractivity contribution in [3.05, 3.63) is 29.8 Å². The lowest BCUT2D eigenvalue weighted by Gasteiger charge is -2.11. The van der Waals surface area contributed by atoms with E-state index in [0.717, 1.165) is 6.42 Å². The van der Waals surface area contributed by atoms with Crippen LogP contribution in [-0.2, 0) is 4.74 Å². The number of para-hydroxylation sites is 1. The smallest absolute Gasteiger partial charge is 0.255 e. The molecule has 0 atom stereocenters. The summed E-state index contributed by atoms with van der Waals surface area (Å²) < 4.78 is 10.4. The van der Waals surface area contributed by atoms with Crippen LogP contribution in [0.3, 0.4) is 0 Å². The number of benzene rings is 1. The molecule has 0 radical (unpaired) electrons. The second-order valence-electron chi connectivity index (χ2n) is 3.74. The number of amides is 1. The molecule has 1 rings (SSSR count). The van der Waals surface area contributed by atoms with E-state index >= 15 is 0 Å². The summed E-state index contributed by atoms with van der Waals surface area (Å²) in [6.07, 6.45) is 0.762. The van der Waals surface area contributed by atoms with Gasteiger partial charge in [0.05, 0.1) is 12.2 Å². The lowest BCUT2D eigenvalue weighted by atomic mass is 10.2. The summed E-state index contributed by atoms with van der Waals surface area (Å²) in [5, 5.41) is 2.80. The molecule has 6 heteroatoms. The van der Waals surface area contributed by atoms with Crippen molar-refractivity contribution in [2.75, 3.05) is 33.4 Å². The van der Waals surface area contributed by atoms with Crippen LogP contribution in [0.4, 0.5) is 0 Å². The van der Waals surface area contributed by atoms with Crippen molar-refractivity contribution in [3.63, 3.8) is 0 Å². The van der Waals surface area contributed by atoms with E-state index in [0.29, 0.717) is 37.6 Å². The zero-order chi connectivity index (χ0) is 13.2. The van der Waals surface area contributed by atoms with E-state index in [4.69, 9.17) is 15.2 Å². The van der Waals surface area contributed by atoms with Crippen LogP contribution in [0, 0.1) is 0 Å². The van der Waals surface area contributed by atoms with Gasteiger partial charge in [-0.1, -0.05) is 12.1 Å². The monoisotopic (exact) mass is 288 g/mol. The van der Waals surface area contributed by atoms with Crippen LogP contribution < -0.4 is 15.8 Å². The number of halogens is 1. The number of carbonyl (C=O) groups is 1. The van der Waals surface area contributed by atoms with E-state index in [1.807, 2.05) is 6.07 Å². The largest absolute Gasteiger partial charge is 0.490 e. The van der Waals surface area contributed by atoms with Crippen molar-refractivity contribution in [1.82, 2.24) is 5.32 Å². The summed E-state index contributed by atoms with van der Waals surface area (Å²) in [4.78, 5) is 11.9. The quantitative estimate of drug-likeness (QED) is 0.705. The van der Waals surface area contributed by atoms with Gasteiger partial charge in [-0.25, -0.2) is 0 Å². The first-order valence-electron chi connectivity index (χ1n) is 5.98. The molecular formula is C13H21ClN2O3. The fraction of sp³-hybridized carbons (Fsp3) is 0.462. The van der Waals surface area contributed by atoms with Crippen LogP contribution in [0.25, 0.3) is 0 Å². The molecule has 0 aliphatic carbocycles. The van der Waals surface area contributed by atoms with Gasteiger partial charge in [0.2, 0.25) is 0 Å². The fourth-order valence-corrected chi connectivity index (χ4v) is 1.41. The minimum absolute atomic E-state index is 0. The van der Waals surface area contributed by atoms with Gasteiger partial charge in [-0.15, -0.1) is 12.4 Å². The number of hydrogen-bond acceptors (Lipinski definition) is 4. The molecule has 1 aromatic carbocycles. The normalized spacial score (nSPS) is 9.58. The predicted molar refractivity (Wildman–Crippen MR) is 77.1 cm³/mol. The van der Waals surface area contributed by atoms with Gasteiger partial charge in [0.15, 0.2) is 0 Å². The molecule has 0 aromatic heterocycles. The lowest BCUT2D eigenvalue weighted by Crippen LogP contribution is -2.26. The van der Waals surface area contributed by atoms with Crippen molar-refractivity contribution in [2.24, 2.45) is 5.73 Å². The molecule has 0 spiro atoms. The van der Waals surface area contributed by atoms with Crippen molar-refractivity contribution >= 4 is 18.3 Å². The number of hydrogen-bond donors (Lipinski definition) is 2. The molecule has 0 bridgehead atoms. The molecule has 0 fully saturated rings. The first-order chi connectivity index (χ1) is 8.79. The van der Waals surface area contributed by atoms with Gasteiger partial charge in [0, 0.05) is 13.7 Å². The van der Waals surface area contributed by atoms with Crippen LogP contribution in [-0.4, -0.2) is 39.3 Å². The standard InChI is InChI=1S/C13H20N2O3.ClH/c1-17-9-10-18-12-6-3-2-5-11(12)13(16)15-8-4-7-14;/h2-3,5-6H,4,7-10,14H2,1H3,(H,15,16);1H. The third-order valence-corrected chi connectivity index (χ3v) is 2.34. The summed E-state index contributed by atoms with van der Waals surface area (Å²) >= 11 is 0. The number of nitrogens with one attached hydrogen (secondary N) is 1. The van der Waals surface area contributed by atoms with Gasteiger partial charge in [-0.05, 0) is 25.1 Å². The number of nitrogens with two attached hydrogens (primary N) is 1. The van der Waals surface area contributed by atoms with E-state index in [1.54, 1.807) is 25.3 Å². The van der Waals surface area contributed by atoms with Crippen molar-refractivity contribution < 1.29 is 14.3 Å². The maximum absolute atomic E-state index is 11.9. The van der Waals surface area contributed by atoms with Gasteiger partial charge >= 0.3 is 0 Å². The highest BCUT2D eigenvalue weighted by atomic mass is 35.5. The molecule has 0 aliphatic rings. The Morgan fingerprint density at radius 3 is 2.74 bits per heavy atom. The van der Waals surface area contributed by atoms with Crippen LogP contribution >= 0.6 is 12.4 Å². The van der Waals surface area contributed by atoms with Crippen LogP contribution in [0.15, 0.2) is 24.3 Å². The second-order valence-corrected chi connectivity index (χ2v) is 3.74. The highest BCUT2D eigenvalue weighted by Gasteiger charge is 2.10. The van der Waals surface area contributed by atoms with E-state index in [2.05, 4.69) is 5.32 Å². The topological polar surface area (TPSA) is 73.6 Å². The predicted octanol–water partition coefficient (Wildman–Crippen LogP) is 1.21. The van der Waals surface area contributed by atoms with Gasteiger partial charge < -0.3 is 20.5 Å². The lowest BCUT2D eigenvalue weighted by molar-refractivity contribution is 0.0945. The maximum Gasteiger partial charge on any atom is 0.255 e. The van der Waals surface area contributed by atoms with Crippen molar-refractivity contribution in [3.8, 4) is 5.75 Å². The SMILES string of the molecule is COCCOc1ccccc1C(=O)NCCCN.Cl.